The Hall–Kier alpha value is -1.63. The standard InChI is InChI=1S/C15H14BrN3OS/c1-19-13-5-4-10(16)7-11(13)12(14-3-2-6-21-14)8-15(19)18-17-9-20/h2-8,17,20H,9H2,1H3/b18-15-. The molecule has 0 unspecified atom stereocenters. The van der Waals surface area contributed by atoms with Crippen molar-refractivity contribution in [2.75, 3.05) is 6.73 Å². The number of halogens is 1. The summed E-state index contributed by atoms with van der Waals surface area (Å²) in [6, 6.07) is 12.4. The summed E-state index contributed by atoms with van der Waals surface area (Å²) in [6.07, 6.45) is 0. The largest absolute Gasteiger partial charge is 0.375 e. The van der Waals surface area contributed by atoms with Gasteiger partial charge in [0.05, 0.1) is 5.52 Å². The highest BCUT2D eigenvalue weighted by molar-refractivity contribution is 9.10. The van der Waals surface area contributed by atoms with Crippen LogP contribution in [0.4, 0.5) is 0 Å². The molecule has 0 atom stereocenters. The Balaban J connectivity index is 2.38. The fraction of sp³-hybridized carbons (Fsp3) is 0.133. The van der Waals surface area contributed by atoms with Gasteiger partial charge in [-0.05, 0) is 35.7 Å². The van der Waals surface area contributed by atoms with Crippen molar-refractivity contribution >= 4 is 38.2 Å². The van der Waals surface area contributed by atoms with E-state index in [1.165, 1.54) is 4.88 Å². The minimum atomic E-state index is -0.188. The Morgan fingerprint density at radius 2 is 2.19 bits per heavy atom. The number of benzene rings is 1. The predicted molar refractivity (Wildman–Crippen MR) is 89.7 cm³/mol. The molecule has 0 saturated carbocycles. The van der Waals surface area contributed by atoms with Crippen LogP contribution in [0.3, 0.4) is 0 Å². The summed E-state index contributed by atoms with van der Waals surface area (Å²) in [6.45, 7) is -0.188. The third kappa shape index (κ3) is 2.74. The van der Waals surface area contributed by atoms with Crippen LogP contribution in [0.1, 0.15) is 0 Å². The molecule has 6 heteroatoms. The number of nitrogens with one attached hydrogen (secondary N) is 1. The normalized spacial score (nSPS) is 12.0. The number of fused-ring (bicyclic) bond motifs is 1. The summed E-state index contributed by atoms with van der Waals surface area (Å²) in [5, 5.41) is 16.4. The number of aliphatic hydroxyl groups is 1. The van der Waals surface area contributed by atoms with Gasteiger partial charge in [-0.25, -0.2) is 0 Å². The SMILES string of the molecule is Cn1/c(=N\NCO)cc(-c2cccs2)c2cc(Br)ccc21. The summed E-state index contributed by atoms with van der Waals surface area (Å²) in [4.78, 5) is 1.19. The van der Waals surface area contributed by atoms with E-state index in [2.05, 4.69) is 50.0 Å². The Morgan fingerprint density at radius 3 is 2.90 bits per heavy atom. The second kappa shape index (κ2) is 6.01. The number of thiophene rings is 1. The molecule has 3 rings (SSSR count). The molecule has 3 aromatic rings. The van der Waals surface area contributed by atoms with E-state index in [4.69, 9.17) is 5.11 Å². The minimum absolute atomic E-state index is 0.188. The zero-order valence-corrected chi connectivity index (χ0v) is 13.8. The van der Waals surface area contributed by atoms with Gasteiger partial charge in [0.25, 0.3) is 0 Å². The highest BCUT2D eigenvalue weighted by Gasteiger charge is 2.09. The van der Waals surface area contributed by atoms with Crippen LogP contribution in [0.5, 0.6) is 0 Å². The van der Waals surface area contributed by atoms with Crippen molar-refractivity contribution in [3.63, 3.8) is 0 Å². The van der Waals surface area contributed by atoms with E-state index in [1.807, 2.05) is 29.8 Å². The van der Waals surface area contributed by atoms with Crippen LogP contribution in [-0.2, 0) is 7.05 Å². The number of pyridine rings is 1. The molecule has 0 amide bonds. The highest BCUT2D eigenvalue weighted by Crippen LogP contribution is 2.31. The van der Waals surface area contributed by atoms with E-state index >= 15 is 0 Å². The van der Waals surface area contributed by atoms with Gasteiger partial charge in [0.2, 0.25) is 0 Å². The maximum absolute atomic E-state index is 8.90. The molecule has 2 heterocycles. The first kappa shape index (κ1) is 14.3. The number of rotatable bonds is 3. The summed E-state index contributed by atoms with van der Waals surface area (Å²) < 4.78 is 3.05. The van der Waals surface area contributed by atoms with Crippen molar-refractivity contribution in [1.82, 2.24) is 9.99 Å². The van der Waals surface area contributed by atoms with Crippen molar-refractivity contribution in [3.05, 3.63) is 51.7 Å². The summed E-state index contributed by atoms with van der Waals surface area (Å²) in [5.41, 5.74) is 5.60. The molecule has 0 saturated heterocycles. The fourth-order valence-corrected chi connectivity index (χ4v) is 3.42. The zero-order valence-electron chi connectivity index (χ0n) is 11.4. The van der Waals surface area contributed by atoms with E-state index in [-0.39, 0.29) is 6.73 Å². The van der Waals surface area contributed by atoms with Gasteiger partial charge in [-0.3, -0.25) is 5.43 Å². The maximum Gasteiger partial charge on any atom is 0.153 e. The number of aromatic nitrogens is 1. The topological polar surface area (TPSA) is 49.5 Å². The van der Waals surface area contributed by atoms with Crippen LogP contribution < -0.4 is 10.9 Å². The molecule has 0 aliphatic rings. The molecule has 1 aromatic carbocycles. The molecule has 2 N–H and O–H groups in total. The van der Waals surface area contributed by atoms with Crippen molar-refractivity contribution < 1.29 is 5.11 Å². The lowest BCUT2D eigenvalue weighted by Gasteiger charge is -2.11. The van der Waals surface area contributed by atoms with Crippen LogP contribution in [0.25, 0.3) is 21.3 Å². The van der Waals surface area contributed by atoms with Gasteiger partial charge < -0.3 is 9.67 Å². The lowest BCUT2D eigenvalue weighted by molar-refractivity contribution is 0.261. The predicted octanol–water partition coefficient (Wildman–Crippen LogP) is 3.02. The number of hydrogen-bond donors (Lipinski definition) is 2. The van der Waals surface area contributed by atoms with Crippen LogP contribution in [0, 0.1) is 0 Å². The first-order valence-electron chi connectivity index (χ1n) is 6.41. The number of aliphatic hydroxyl groups excluding tert-OH is 1. The van der Waals surface area contributed by atoms with Gasteiger partial charge in [0, 0.05) is 27.3 Å². The lowest BCUT2D eigenvalue weighted by atomic mass is 10.1. The van der Waals surface area contributed by atoms with Crippen LogP contribution in [0.15, 0.2) is 51.4 Å². The monoisotopic (exact) mass is 363 g/mol. The summed E-state index contributed by atoms with van der Waals surface area (Å²) in [5.74, 6) is 0. The maximum atomic E-state index is 8.90. The minimum Gasteiger partial charge on any atom is -0.375 e. The number of hydrogen-bond acceptors (Lipinski definition) is 4. The zero-order chi connectivity index (χ0) is 14.8. The molecule has 0 fully saturated rings. The third-order valence-electron chi connectivity index (χ3n) is 3.28. The van der Waals surface area contributed by atoms with Crippen LogP contribution in [-0.4, -0.2) is 16.4 Å². The Morgan fingerprint density at radius 1 is 1.33 bits per heavy atom. The van der Waals surface area contributed by atoms with Gasteiger partial charge in [0.1, 0.15) is 6.73 Å². The average molecular weight is 364 g/mol. The van der Waals surface area contributed by atoms with Crippen LogP contribution in [0.2, 0.25) is 0 Å². The molecular weight excluding hydrogens is 350 g/mol. The molecule has 2 aromatic heterocycles. The van der Waals surface area contributed by atoms with E-state index < -0.39 is 0 Å². The van der Waals surface area contributed by atoms with Gasteiger partial charge in [0.15, 0.2) is 5.49 Å². The first-order chi connectivity index (χ1) is 10.2. The van der Waals surface area contributed by atoms with E-state index in [0.717, 1.165) is 26.4 Å². The summed E-state index contributed by atoms with van der Waals surface area (Å²) >= 11 is 5.24. The molecule has 0 aliphatic carbocycles. The Kier molecular flexibility index (Phi) is 4.10. The Bertz CT molecular complexity index is 840. The van der Waals surface area contributed by atoms with E-state index in [9.17, 15) is 0 Å². The third-order valence-corrected chi connectivity index (χ3v) is 4.67. The smallest absolute Gasteiger partial charge is 0.153 e. The highest BCUT2D eigenvalue weighted by atomic mass is 79.9. The molecule has 0 bridgehead atoms. The lowest BCUT2D eigenvalue weighted by Crippen LogP contribution is -2.23. The molecule has 0 spiro atoms. The molecular formula is C15H14BrN3OS. The fourth-order valence-electron chi connectivity index (χ4n) is 2.30. The number of aryl methyl sites for hydroxylation is 1. The molecule has 0 aliphatic heterocycles. The molecule has 108 valence electrons. The number of nitrogens with zero attached hydrogens (tertiary/aromatic N) is 2. The second-order valence-corrected chi connectivity index (χ2v) is 6.41. The van der Waals surface area contributed by atoms with Crippen molar-refractivity contribution in [1.29, 1.82) is 0 Å². The van der Waals surface area contributed by atoms with Crippen molar-refractivity contribution in [2.24, 2.45) is 12.1 Å². The van der Waals surface area contributed by atoms with Crippen molar-refractivity contribution in [3.8, 4) is 10.4 Å². The second-order valence-electron chi connectivity index (χ2n) is 4.54. The summed E-state index contributed by atoms with van der Waals surface area (Å²) in [7, 11) is 1.96. The molecule has 0 radical (unpaired) electrons. The average Bonchev–Trinajstić information content (AvgIpc) is 3.00. The molecule has 21 heavy (non-hydrogen) atoms. The van der Waals surface area contributed by atoms with Gasteiger partial charge >= 0.3 is 0 Å². The van der Waals surface area contributed by atoms with E-state index in [1.54, 1.807) is 11.3 Å². The van der Waals surface area contributed by atoms with E-state index in [0.29, 0.717) is 0 Å². The quantitative estimate of drug-likeness (QED) is 0.555. The Labute approximate surface area is 134 Å². The van der Waals surface area contributed by atoms with Gasteiger partial charge in [-0.1, -0.05) is 22.0 Å². The molecule has 4 nitrogen and oxygen atoms in total. The van der Waals surface area contributed by atoms with Crippen molar-refractivity contribution in [2.45, 2.75) is 0 Å². The van der Waals surface area contributed by atoms with Crippen LogP contribution >= 0.6 is 27.3 Å². The first-order valence-corrected chi connectivity index (χ1v) is 8.08. The van der Waals surface area contributed by atoms with Gasteiger partial charge in [-0.2, -0.15) is 5.10 Å². The van der Waals surface area contributed by atoms with Gasteiger partial charge in [-0.15, -0.1) is 11.3 Å².